The summed E-state index contributed by atoms with van der Waals surface area (Å²) >= 11 is 5.92. The highest BCUT2D eigenvalue weighted by Gasteiger charge is 2.06. The molecule has 98 valence electrons. The fraction of sp³-hybridized carbons (Fsp3) is 0.0833. The van der Waals surface area contributed by atoms with Gasteiger partial charge in [0.2, 0.25) is 0 Å². The van der Waals surface area contributed by atoms with Crippen molar-refractivity contribution >= 4 is 17.4 Å². The molecule has 1 aromatic carbocycles. The molecular formula is C12H11ClN4O2. The van der Waals surface area contributed by atoms with Crippen molar-refractivity contribution in [2.45, 2.75) is 6.92 Å². The molecule has 0 saturated carbocycles. The summed E-state index contributed by atoms with van der Waals surface area (Å²) in [6.07, 6.45) is 1.46. The van der Waals surface area contributed by atoms with E-state index in [0.717, 1.165) is 5.56 Å². The number of ether oxygens (including phenoxy) is 1. The third-order valence-electron chi connectivity index (χ3n) is 2.34. The summed E-state index contributed by atoms with van der Waals surface area (Å²) < 4.78 is 5.48. The first-order valence-electron chi connectivity index (χ1n) is 5.35. The molecule has 0 unspecified atom stereocenters. The Balaban J connectivity index is 2.26. The van der Waals surface area contributed by atoms with Gasteiger partial charge in [0.25, 0.3) is 0 Å². The Morgan fingerprint density at radius 2 is 2.21 bits per heavy atom. The maximum absolute atomic E-state index is 8.58. The normalized spacial score (nSPS) is 11.4. The highest BCUT2D eigenvalue weighted by Crippen LogP contribution is 2.23. The number of nitrogens with zero attached hydrogens (tertiary/aromatic N) is 3. The van der Waals surface area contributed by atoms with E-state index >= 15 is 0 Å². The molecule has 0 amide bonds. The van der Waals surface area contributed by atoms with E-state index < -0.39 is 0 Å². The van der Waals surface area contributed by atoms with Gasteiger partial charge in [-0.05, 0) is 36.8 Å². The molecule has 1 heterocycles. The summed E-state index contributed by atoms with van der Waals surface area (Å²) in [5, 5.41) is 12.1. The minimum absolute atomic E-state index is 0.103. The number of hydrogen-bond acceptors (Lipinski definition) is 5. The Bertz CT molecular complexity index is 631. The van der Waals surface area contributed by atoms with Gasteiger partial charge in [-0.25, -0.2) is 4.98 Å². The number of rotatable bonds is 3. The Labute approximate surface area is 114 Å². The number of hydrogen-bond donors (Lipinski definition) is 2. The van der Waals surface area contributed by atoms with Crippen LogP contribution in [0.3, 0.4) is 0 Å². The van der Waals surface area contributed by atoms with Crippen molar-refractivity contribution in [1.82, 2.24) is 9.97 Å². The largest absolute Gasteiger partial charge is 0.424 e. The smallest absolute Gasteiger partial charge is 0.322 e. The standard InChI is InChI=1S/C12H11ClN4O2/c1-7-6-8(2-3-9(7)13)19-12-15-5-4-10(16-12)11(14)17-18/h2-6,18H,1H3,(H2,14,17). The molecule has 0 spiro atoms. The van der Waals surface area contributed by atoms with Crippen LogP contribution in [0.15, 0.2) is 35.6 Å². The third-order valence-corrected chi connectivity index (χ3v) is 2.77. The monoisotopic (exact) mass is 278 g/mol. The molecule has 2 aromatic rings. The highest BCUT2D eigenvalue weighted by molar-refractivity contribution is 6.31. The highest BCUT2D eigenvalue weighted by atomic mass is 35.5. The second-order valence-electron chi connectivity index (χ2n) is 3.72. The molecule has 0 bridgehead atoms. The van der Waals surface area contributed by atoms with Crippen LogP contribution in [0.4, 0.5) is 0 Å². The first-order chi connectivity index (χ1) is 9.10. The van der Waals surface area contributed by atoms with E-state index in [-0.39, 0.29) is 17.5 Å². The molecule has 0 saturated heterocycles. The fourth-order valence-corrected chi connectivity index (χ4v) is 1.49. The Morgan fingerprint density at radius 3 is 2.89 bits per heavy atom. The molecule has 0 radical (unpaired) electrons. The zero-order valence-electron chi connectivity index (χ0n) is 10.0. The van der Waals surface area contributed by atoms with Gasteiger partial charge >= 0.3 is 6.01 Å². The predicted octanol–water partition coefficient (Wildman–Crippen LogP) is 2.33. The molecule has 1 aromatic heterocycles. The molecule has 0 aliphatic carbocycles. The van der Waals surface area contributed by atoms with Crippen molar-refractivity contribution in [2.24, 2.45) is 10.9 Å². The minimum Gasteiger partial charge on any atom is -0.424 e. The van der Waals surface area contributed by atoms with Gasteiger partial charge in [0, 0.05) is 11.2 Å². The fourth-order valence-electron chi connectivity index (χ4n) is 1.37. The van der Waals surface area contributed by atoms with Gasteiger partial charge < -0.3 is 15.7 Å². The van der Waals surface area contributed by atoms with Crippen LogP contribution in [0, 0.1) is 6.92 Å². The SMILES string of the molecule is Cc1cc(Oc2nccc(/C(N)=N/O)n2)ccc1Cl. The van der Waals surface area contributed by atoms with Crippen molar-refractivity contribution in [3.63, 3.8) is 0 Å². The zero-order chi connectivity index (χ0) is 13.8. The van der Waals surface area contributed by atoms with Crippen molar-refractivity contribution in [1.29, 1.82) is 0 Å². The maximum Gasteiger partial charge on any atom is 0.322 e. The quantitative estimate of drug-likeness (QED) is 0.389. The lowest BCUT2D eigenvalue weighted by Gasteiger charge is -2.06. The molecule has 7 heteroatoms. The number of amidine groups is 1. The van der Waals surface area contributed by atoms with Crippen LogP contribution >= 0.6 is 11.6 Å². The maximum atomic E-state index is 8.58. The summed E-state index contributed by atoms with van der Waals surface area (Å²) in [5.74, 6) is 0.443. The molecular weight excluding hydrogens is 268 g/mol. The van der Waals surface area contributed by atoms with E-state index in [0.29, 0.717) is 10.8 Å². The average Bonchev–Trinajstić information content (AvgIpc) is 2.42. The van der Waals surface area contributed by atoms with Crippen molar-refractivity contribution in [3.05, 3.63) is 46.7 Å². The van der Waals surface area contributed by atoms with E-state index in [1.807, 2.05) is 6.92 Å². The molecule has 2 rings (SSSR count). The van der Waals surface area contributed by atoms with Crippen LogP contribution in [0.5, 0.6) is 11.8 Å². The van der Waals surface area contributed by atoms with E-state index in [4.69, 9.17) is 27.3 Å². The van der Waals surface area contributed by atoms with Gasteiger partial charge in [0.05, 0.1) is 0 Å². The summed E-state index contributed by atoms with van der Waals surface area (Å²) in [5.41, 5.74) is 6.59. The number of benzene rings is 1. The second kappa shape index (κ2) is 5.53. The second-order valence-corrected chi connectivity index (χ2v) is 4.13. The zero-order valence-corrected chi connectivity index (χ0v) is 10.8. The van der Waals surface area contributed by atoms with Gasteiger partial charge in [-0.3, -0.25) is 0 Å². The molecule has 19 heavy (non-hydrogen) atoms. The van der Waals surface area contributed by atoms with E-state index in [9.17, 15) is 0 Å². The van der Waals surface area contributed by atoms with Crippen LogP contribution in [0.2, 0.25) is 5.02 Å². The molecule has 0 fully saturated rings. The number of nitrogens with two attached hydrogens (primary N) is 1. The van der Waals surface area contributed by atoms with Gasteiger partial charge in [-0.15, -0.1) is 0 Å². The van der Waals surface area contributed by atoms with Crippen LogP contribution in [0.1, 0.15) is 11.3 Å². The van der Waals surface area contributed by atoms with E-state index in [1.165, 1.54) is 12.3 Å². The lowest BCUT2D eigenvalue weighted by Crippen LogP contribution is -2.15. The molecule has 6 nitrogen and oxygen atoms in total. The minimum atomic E-state index is -0.112. The summed E-state index contributed by atoms with van der Waals surface area (Å²) in [6.45, 7) is 1.86. The van der Waals surface area contributed by atoms with E-state index in [2.05, 4.69) is 15.1 Å². The number of oxime groups is 1. The van der Waals surface area contributed by atoms with Gasteiger partial charge in [0.1, 0.15) is 11.4 Å². The van der Waals surface area contributed by atoms with E-state index in [1.54, 1.807) is 18.2 Å². The van der Waals surface area contributed by atoms with Crippen molar-refractivity contribution in [3.8, 4) is 11.8 Å². The van der Waals surface area contributed by atoms with Crippen LogP contribution in [-0.2, 0) is 0 Å². The van der Waals surface area contributed by atoms with Gasteiger partial charge in [0.15, 0.2) is 5.84 Å². The van der Waals surface area contributed by atoms with Crippen molar-refractivity contribution in [2.75, 3.05) is 0 Å². The topological polar surface area (TPSA) is 93.6 Å². The third kappa shape index (κ3) is 3.11. The predicted molar refractivity (Wildman–Crippen MR) is 70.8 cm³/mol. The Kier molecular flexibility index (Phi) is 3.82. The first kappa shape index (κ1) is 13.1. The lowest BCUT2D eigenvalue weighted by molar-refractivity contribution is 0.318. The average molecular weight is 279 g/mol. The summed E-state index contributed by atoms with van der Waals surface area (Å²) in [6, 6.07) is 6.80. The van der Waals surface area contributed by atoms with Crippen LogP contribution in [0.25, 0.3) is 0 Å². The molecule has 0 aliphatic heterocycles. The van der Waals surface area contributed by atoms with Crippen LogP contribution in [-0.4, -0.2) is 21.0 Å². The summed E-state index contributed by atoms with van der Waals surface area (Å²) in [7, 11) is 0. The van der Waals surface area contributed by atoms with Gasteiger partial charge in [-0.2, -0.15) is 4.98 Å². The first-order valence-corrected chi connectivity index (χ1v) is 5.73. The summed E-state index contributed by atoms with van der Waals surface area (Å²) in [4.78, 5) is 7.95. The number of halogens is 1. The number of aryl methyl sites for hydroxylation is 1. The Hall–Kier alpha value is -2.34. The van der Waals surface area contributed by atoms with Gasteiger partial charge in [-0.1, -0.05) is 16.8 Å². The lowest BCUT2D eigenvalue weighted by atomic mass is 10.2. The molecule has 3 N–H and O–H groups in total. The Morgan fingerprint density at radius 1 is 1.42 bits per heavy atom. The number of aromatic nitrogens is 2. The van der Waals surface area contributed by atoms with Crippen molar-refractivity contribution < 1.29 is 9.94 Å². The molecule has 0 atom stereocenters. The molecule has 0 aliphatic rings. The van der Waals surface area contributed by atoms with Crippen LogP contribution < -0.4 is 10.5 Å².